The summed E-state index contributed by atoms with van der Waals surface area (Å²) >= 11 is 0. The zero-order chi connectivity index (χ0) is 35.1. The highest BCUT2D eigenvalue weighted by Crippen LogP contribution is 2.43. The first-order valence-corrected chi connectivity index (χ1v) is 17.9. The van der Waals surface area contributed by atoms with Crippen molar-refractivity contribution in [3.05, 3.63) is 84.4 Å². The molecule has 4 aliphatic heterocycles. The number of likely N-dealkylation sites (tertiary alicyclic amines) is 1. The van der Waals surface area contributed by atoms with E-state index in [1.54, 1.807) is 11.1 Å². The minimum absolute atomic E-state index is 0.166. The average Bonchev–Trinajstić information content (AvgIpc) is 4.00. The van der Waals surface area contributed by atoms with E-state index in [4.69, 9.17) is 24.2 Å². The van der Waals surface area contributed by atoms with Crippen molar-refractivity contribution in [1.29, 1.82) is 0 Å². The summed E-state index contributed by atoms with van der Waals surface area (Å²) in [4.78, 5) is 40.7. The summed E-state index contributed by atoms with van der Waals surface area (Å²) in [5.74, 6) is -0.665. The summed E-state index contributed by atoms with van der Waals surface area (Å²) in [6, 6.07) is 20.9. The molecule has 0 aliphatic carbocycles. The predicted molar refractivity (Wildman–Crippen MR) is 196 cm³/mol. The molecule has 3 saturated heterocycles. The van der Waals surface area contributed by atoms with Crippen molar-refractivity contribution in [2.75, 3.05) is 33.4 Å². The molecule has 3 N–H and O–H groups in total. The van der Waals surface area contributed by atoms with Crippen LogP contribution in [0.2, 0.25) is 0 Å². The number of nitrogens with zero attached hydrogens (tertiary/aromatic N) is 3. The number of fused-ring (bicyclic) bond motifs is 1. The van der Waals surface area contributed by atoms with E-state index in [2.05, 4.69) is 76.3 Å². The van der Waals surface area contributed by atoms with Gasteiger partial charge < -0.3 is 34.7 Å². The fraction of sp³-hybridized carbons (Fsp3) is 0.400. The van der Waals surface area contributed by atoms with Gasteiger partial charge in [-0.15, -0.1) is 0 Å². The molecule has 3 atom stereocenters. The Bertz CT molecular complexity index is 2000. The number of aromatic nitrogens is 2. The SMILES string of the molecule is COC(=O)NC(C(=O)N1CC2(C[C@H]1c1ncc(-c3ccc4cc(-c5ccc(C6=CN=C(C7CCCN7)C6)cc5)ccc4c3)[nH]1)OCCO2)C(C)C. The summed E-state index contributed by atoms with van der Waals surface area (Å²) in [6.07, 6.45) is 6.94. The average molecular weight is 689 g/mol. The van der Waals surface area contributed by atoms with Crippen LogP contribution in [0.4, 0.5) is 4.79 Å². The monoisotopic (exact) mass is 688 g/mol. The van der Waals surface area contributed by atoms with E-state index in [9.17, 15) is 9.59 Å². The maximum absolute atomic E-state index is 13.9. The lowest BCUT2D eigenvalue weighted by Gasteiger charge is -2.30. The Labute approximate surface area is 297 Å². The smallest absolute Gasteiger partial charge is 0.407 e. The fourth-order valence-electron chi connectivity index (χ4n) is 7.83. The quantitative estimate of drug-likeness (QED) is 0.200. The molecule has 0 bridgehead atoms. The minimum atomic E-state index is -0.903. The fourth-order valence-corrected chi connectivity index (χ4v) is 7.83. The molecule has 5 heterocycles. The van der Waals surface area contributed by atoms with Crippen molar-refractivity contribution in [2.24, 2.45) is 10.9 Å². The number of aromatic amines is 1. The third kappa shape index (κ3) is 6.57. The van der Waals surface area contributed by atoms with Gasteiger partial charge in [-0.25, -0.2) is 9.78 Å². The largest absolute Gasteiger partial charge is 0.453 e. The number of aliphatic imine (C=N–C) groups is 1. The van der Waals surface area contributed by atoms with Crippen LogP contribution < -0.4 is 10.6 Å². The Hall–Kier alpha value is -4.84. The number of H-pyrrole nitrogens is 1. The number of allylic oxidation sites excluding steroid dienone is 1. The van der Waals surface area contributed by atoms with Gasteiger partial charge in [0, 0.05) is 36.4 Å². The summed E-state index contributed by atoms with van der Waals surface area (Å²) in [5, 5.41) is 8.53. The molecule has 264 valence electrons. The zero-order valence-corrected chi connectivity index (χ0v) is 29.3. The molecule has 4 aliphatic rings. The van der Waals surface area contributed by atoms with Crippen LogP contribution in [0.25, 0.3) is 38.7 Å². The number of rotatable bonds is 8. The lowest BCUT2D eigenvalue weighted by molar-refractivity contribution is -0.153. The Morgan fingerprint density at radius 3 is 2.39 bits per heavy atom. The van der Waals surface area contributed by atoms with E-state index in [1.165, 1.54) is 42.4 Å². The van der Waals surface area contributed by atoms with Crippen molar-refractivity contribution < 1.29 is 23.8 Å². The van der Waals surface area contributed by atoms with Gasteiger partial charge in [0.1, 0.15) is 11.9 Å². The number of ether oxygens (including phenoxy) is 3. The number of carbonyl (C=O) groups excluding carboxylic acids is 2. The molecule has 51 heavy (non-hydrogen) atoms. The van der Waals surface area contributed by atoms with Crippen molar-refractivity contribution >= 4 is 34.1 Å². The summed E-state index contributed by atoms with van der Waals surface area (Å²) in [6.45, 7) is 6.02. The van der Waals surface area contributed by atoms with Gasteiger partial charge in [0.25, 0.3) is 0 Å². The Kier molecular flexibility index (Phi) is 8.95. The standard InChI is InChI=1S/C40H44N6O5/c1-24(2)36(45-39(48)49-3)38(47)46-23-40(50-15-16-51-40)20-35(46)37-43-22-34(44-37)30-13-12-28-17-27(10-11-29(28)18-30)25-6-8-26(9-7-25)31-19-33(42-21-31)32-5-4-14-41-32/h6-13,17-18,21-22,24,32,35-36,41H,4-5,14-16,19-20,23H2,1-3H3,(H,43,44)(H,45,48)/t32?,35-,36?/m0/s1. The molecule has 11 nitrogen and oxygen atoms in total. The van der Waals surface area contributed by atoms with Gasteiger partial charge in [-0.05, 0) is 70.5 Å². The second-order valence-corrected chi connectivity index (χ2v) is 14.3. The summed E-state index contributed by atoms with van der Waals surface area (Å²) < 4.78 is 16.9. The molecular weight excluding hydrogens is 644 g/mol. The molecular formula is C40H44N6O5. The second-order valence-electron chi connectivity index (χ2n) is 14.3. The number of hydrogen-bond donors (Lipinski definition) is 3. The molecule has 2 unspecified atom stereocenters. The van der Waals surface area contributed by atoms with Crippen molar-refractivity contribution in [3.8, 4) is 22.4 Å². The van der Waals surface area contributed by atoms with Crippen molar-refractivity contribution in [1.82, 2.24) is 25.5 Å². The Morgan fingerprint density at radius 1 is 0.980 bits per heavy atom. The van der Waals surface area contributed by atoms with Crippen LogP contribution >= 0.6 is 0 Å². The zero-order valence-electron chi connectivity index (χ0n) is 29.3. The van der Waals surface area contributed by atoms with Crippen molar-refractivity contribution in [2.45, 2.75) is 63.4 Å². The van der Waals surface area contributed by atoms with Gasteiger partial charge in [-0.1, -0.05) is 62.4 Å². The highest BCUT2D eigenvalue weighted by Gasteiger charge is 2.52. The van der Waals surface area contributed by atoms with Crippen LogP contribution in [0.5, 0.6) is 0 Å². The van der Waals surface area contributed by atoms with E-state index in [0.29, 0.717) is 31.5 Å². The Balaban J connectivity index is 0.991. The molecule has 2 amide bonds. The molecule has 4 aromatic rings. The number of alkyl carbamates (subject to hydrolysis) is 1. The highest BCUT2D eigenvalue weighted by atomic mass is 16.7. The van der Waals surface area contributed by atoms with E-state index in [1.807, 2.05) is 20.0 Å². The van der Waals surface area contributed by atoms with Gasteiger partial charge in [0.15, 0.2) is 5.79 Å². The van der Waals surface area contributed by atoms with E-state index in [0.717, 1.165) is 40.6 Å². The molecule has 3 aromatic carbocycles. The van der Waals surface area contributed by atoms with E-state index < -0.39 is 24.0 Å². The molecule has 3 fully saturated rings. The molecule has 0 radical (unpaired) electrons. The van der Waals surface area contributed by atoms with Gasteiger partial charge in [-0.2, -0.15) is 0 Å². The molecule has 1 aromatic heterocycles. The third-order valence-electron chi connectivity index (χ3n) is 10.7. The molecule has 8 rings (SSSR count). The first-order valence-electron chi connectivity index (χ1n) is 17.9. The molecule has 11 heteroatoms. The van der Waals surface area contributed by atoms with Crippen LogP contribution in [-0.4, -0.2) is 83.9 Å². The van der Waals surface area contributed by atoms with Gasteiger partial charge in [0.2, 0.25) is 5.91 Å². The van der Waals surface area contributed by atoms with Crippen LogP contribution in [0.1, 0.15) is 57.0 Å². The number of nitrogens with one attached hydrogen (secondary N) is 3. The third-order valence-corrected chi connectivity index (χ3v) is 10.7. The first-order chi connectivity index (χ1) is 24.8. The number of imidazole rings is 1. The maximum atomic E-state index is 13.9. The van der Waals surface area contributed by atoms with Crippen molar-refractivity contribution in [3.63, 3.8) is 0 Å². The topological polar surface area (TPSA) is 130 Å². The molecule has 1 spiro atoms. The van der Waals surface area contributed by atoms with E-state index in [-0.39, 0.29) is 18.4 Å². The van der Waals surface area contributed by atoms with Gasteiger partial charge in [0.05, 0.1) is 44.8 Å². The first kappa shape index (κ1) is 33.3. The second kappa shape index (κ2) is 13.7. The van der Waals surface area contributed by atoms with Crippen LogP contribution in [-0.2, 0) is 19.0 Å². The van der Waals surface area contributed by atoms with Crippen LogP contribution in [0, 0.1) is 5.92 Å². The highest BCUT2D eigenvalue weighted by molar-refractivity contribution is 6.01. The number of hydrogen-bond acceptors (Lipinski definition) is 8. The van der Waals surface area contributed by atoms with Gasteiger partial charge >= 0.3 is 6.09 Å². The minimum Gasteiger partial charge on any atom is -0.453 e. The lowest BCUT2D eigenvalue weighted by atomic mass is 9.95. The predicted octanol–water partition coefficient (Wildman–Crippen LogP) is 6.23. The lowest BCUT2D eigenvalue weighted by Crippen LogP contribution is -2.52. The van der Waals surface area contributed by atoms with Crippen LogP contribution in [0.15, 0.2) is 78.1 Å². The number of carbonyl (C=O) groups is 2. The summed E-state index contributed by atoms with van der Waals surface area (Å²) in [5.41, 5.74) is 7.93. The van der Waals surface area contributed by atoms with Crippen LogP contribution in [0.3, 0.4) is 0 Å². The summed E-state index contributed by atoms with van der Waals surface area (Å²) in [7, 11) is 1.29. The van der Waals surface area contributed by atoms with Gasteiger partial charge in [-0.3, -0.25) is 9.79 Å². The Morgan fingerprint density at radius 2 is 1.69 bits per heavy atom. The number of benzene rings is 3. The maximum Gasteiger partial charge on any atom is 0.407 e. The molecule has 0 saturated carbocycles. The number of methoxy groups -OCH3 is 1. The van der Waals surface area contributed by atoms with E-state index >= 15 is 0 Å². The number of amides is 2. The normalized spacial score (nSPS) is 21.8.